The number of hydrogen-bond donors (Lipinski definition) is 0. The average molecular weight is 311 g/mol. The summed E-state index contributed by atoms with van der Waals surface area (Å²) in [6.45, 7) is 3.25. The lowest BCUT2D eigenvalue weighted by molar-refractivity contribution is -0.141. The number of aryl methyl sites for hydroxylation is 1. The number of hydrogen-bond acceptors (Lipinski definition) is 3. The second-order valence-electron chi connectivity index (χ2n) is 3.77. The minimum atomic E-state index is -4.61. The van der Waals surface area contributed by atoms with Gasteiger partial charge in [0.05, 0.1) is 16.4 Å². The lowest BCUT2D eigenvalue weighted by Crippen LogP contribution is -2.12. The molecule has 0 saturated carbocycles. The lowest BCUT2D eigenvalue weighted by atomic mass is 10.3. The van der Waals surface area contributed by atoms with E-state index in [2.05, 4.69) is 15.1 Å². The quantitative estimate of drug-likeness (QED) is 0.756. The maximum Gasteiger partial charge on any atom is 0.433 e. The first kappa shape index (κ1) is 14.1. The predicted molar refractivity (Wildman–Crippen MR) is 63.7 cm³/mol. The molecule has 0 N–H and O–H groups in total. The summed E-state index contributed by atoms with van der Waals surface area (Å²) in [4.78, 5) is 6.87. The van der Waals surface area contributed by atoms with Crippen LogP contribution < -0.4 is 0 Å². The van der Waals surface area contributed by atoms with Gasteiger partial charge in [-0.25, -0.2) is 9.67 Å². The van der Waals surface area contributed by atoms with Crippen LogP contribution in [-0.4, -0.2) is 19.7 Å². The van der Waals surface area contributed by atoms with Crippen molar-refractivity contribution in [1.29, 1.82) is 0 Å². The Kier molecular flexibility index (Phi) is 3.44. The first-order valence-corrected chi connectivity index (χ1v) is 5.79. The van der Waals surface area contributed by atoms with Gasteiger partial charge in [0, 0.05) is 6.07 Å². The summed E-state index contributed by atoms with van der Waals surface area (Å²) in [6, 6.07) is 0.766. The van der Waals surface area contributed by atoms with Crippen molar-refractivity contribution >= 4 is 23.2 Å². The number of halogens is 5. The minimum Gasteiger partial charge on any atom is -0.218 e. The summed E-state index contributed by atoms with van der Waals surface area (Å²) in [5.74, 6) is -0.0835. The second kappa shape index (κ2) is 4.64. The van der Waals surface area contributed by atoms with E-state index in [0.29, 0.717) is 16.4 Å². The Morgan fingerprint density at radius 3 is 2.26 bits per heavy atom. The summed E-state index contributed by atoms with van der Waals surface area (Å²) >= 11 is 11.4. The highest BCUT2D eigenvalue weighted by molar-refractivity contribution is 6.31. The van der Waals surface area contributed by atoms with Crippen LogP contribution in [0.15, 0.2) is 6.07 Å². The Bertz CT molecular complexity index is 636. The van der Waals surface area contributed by atoms with Gasteiger partial charge >= 0.3 is 6.18 Å². The Morgan fingerprint density at radius 2 is 1.79 bits per heavy atom. The highest BCUT2D eigenvalue weighted by atomic mass is 35.5. The molecule has 9 heteroatoms. The largest absolute Gasteiger partial charge is 0.433 e. The number of alkyl halides is 3. The van der Waals surface area contributed by atoms with Crippen LogP contribution in [0, 0.1) is 13.8 Å². The first-order valence-electron chi connectivity index (χ1n) is 5.04. The molecule has 0 aromatic carbocycles. The maximum absolute atomic E-state index is 12.6. The van der Waals surface area contributed by atoms with E-state index in [1.54, 1.807) is 13.8 Å². The van der Waals surface area contributed by atoms with E-state index >= 15 is 0 Å². The maximum atomic E-state index is 12.6. The molecule has 0 fully saturated rings. The van der Waals surface area contributed by atoms with Crippen molar-refractivity contribution < 1.29 is 13.2 Å². The molecule has 0 spiro atoms. The van der Waals surface area contributed by atoms with Crippen LogP contribution in [0.1, 0.15) is 17.1 Å². The molecule has 2 aromatic rings. The van der Waals surface area contributed by atoms with Crippen LogP contribution in [-0.2, 0) is 6.18 Å². The molecule has 2 aromatic heterocycles. The summed E-state index contributed by atoms with van der Waals surface area (Å²) < 4.78 is 39.1. The number of aromatic nitrogens is 4. The fourth-order valence-corrected chi connectivity index (χ4v) is 1.80. The van der Waals surface area contributed by atoms with E-state index in [0.717, 1.165) is 6.07 Å². The highest BCUT2D eigenvalue weighted by Crippen LogP contribution is 2.30. The Balaban J connectivity index is 2.63. The zero-order chi connectivity index (χ0) is 14.4. The van der Waals surface area contributed by atoms with Gasteiger partial charge in [0.1, 0.15) is 0 Å². The fraction of sp³-hybridized carbons (Fsp3) is 0.300. The normalized spacial score (nSPS) is 11.9. The Morgan fingerprint density at radius 1 is 1.16 bits per heavy atom. The second-order valence-corrected chi connectivity index (χ2v) is 4.49. The van der Waals surface area contributed by atoms with E-state index < -0.39 is 17.2 Å². The van der Waals surface area contributed by atoms with Crippen LogP contribution in [0.5, 0.6) is 0 Å². The van der Waals surface area contributed by atoms with Crippen LogP contribution in [0.3, 0.4) is 0 Å². The third-order valence-electron chi connectivity index (χ3n) is 2.40. The average Bonchev–Trinajstić information content (AvgIpc) is 2.55. The molecule has 0 bridgehead atoms. The van der Waals surface area contributed by atoms with Gasteiger partial charge in [0.2, 0.25) is 5.28 Å². The van der Waals surface area contributed by atoms with Gasteiger partial charge in [-0.15, -0.1) is 0 Å². The molecule has 0 amide bonds. The molecule has 4 nitrogen and oxygen atoms in total. The molecule has 2 heterocycles. The monoisotopic (exact) mass is 310 g/mol. The molecule has 0 radical (unpaired) electrons. The van der Waals surface area contributed by atoms with Crippen LogP contribution in [0.25, 0.3) is 5.82 Å². The van der Waals surface area contributed by atoms with Crippen LogP contribution in [0.2, 0.25) is 10.3 Å². The standard InChI is InChI=1S/C10H7Cl2F3N4/c1-4-8(11)5(2)19(18-4)7-3-6(10(13,14)15)16-9(12)17-7/h3H,1-2H3. The summed E-state index contributed by atoms with van der Waals surface area (Å²) in [6.07, 6.45) is -4.61. The van der Waals surface area contributed by atoms with Gasteiger partial charge in [-0.05, 0) is 25.4 Å². The number of nitrogens with zero attached hydrogens (tertiary/aromatic N) is 4. The summed E-state index contributed by atoms with van der Waals surface area (Å²) in [5, 5.41) is 3.87. The van der Waals surface area contributed by atoms with Gasteiger partial charge in [0.25, 0.3) is 0 Å². The van der Waals surface area contributed by atoms with Crippen molar-refractivity contribution in [1.82, 2.24) is 19.7 Å². The van der Waals surface area contributed by atoms with Gasteiger partial charge in [-0.2, -0.15) is 23.3 Å². The molecule has 19 heavy (non-hydrogen) atoms. The molecular weight excluding hydrogens is 304 g/mol. The summed E-state index contributed by atoms with van der Waals surface area (Å²) in [7, 11) is 0. The van der Waals surface area contributed by atoms with E-state index in [-0.39, 0.29) is 5.82 Å². The molecule has 0 unspecified atom stereocenters. The molecule has 0 aliphatic heterocycles. The smallest absolute Gasteiger partial charge is 0.218 e. The van der Waals surface area contributed by atoms with E-state index in [4.69, 9.17) is 23.2 Å². The van der Waals surface area contributed by atoms with Crippen LogP contribution >= 0.6 is 23.2 Å². The third-order valence-corrected chi connectivity index (χ3v) is 3.11. The van der Waals surface area contributed by atoms with Crippen molar-refractivity contribution in [2.45, 2.75) is 20.0 Å². The molecule has 2 rings (SSSR count). The lowest BCUT2D eigenvalue weighted by Gasteiger charge is -2.09. The van der Waals surface area contributed by atoms with Gasteiger partial charge in [-0.3, -0.25) is 0 Å². The number of rotatable bonds is 1. The van der Waals surface area contributed by atoms with Gasteiger partial charge < -0.3 is 0 Å². The molecule has 0 aliphatic rings. The molecule has 0 atom stereocenters. The highest BCUT2D eigenvalue weighted by Gasteiger charge is 2.34. The zero-order valence-corrected chi connectivity index (χ0v) is 11.3. The SMILES string of the molecule is Cc1nn(-c2cc(C(F)(F)F)nc(Cl)n2)c(C)c1Cl. The van der Waals surface area contributed by atoms with E-state index in [1.165, 1.54) is 4.68 Å². The minimum absolute atomic E-state index is 0.0835. The van der Waals surface area contributed by atoms with Crippen molar-refractivity contribution in [2.75, 3.05) is 0 Å². The van der Waals surface area contributed by atoms with Gasteiger partial charge in [0.15, 0.2) is 11.5 Å². The topological polar surface area (TPSA) is 43.6 Å². The molecule has 0 saturated heterocycles. The Hall–Kier alpha value is -1.34. The van der Waals surface area contributed by atoms with Crippen molar-refractivity contribution in [3.05, 3.63) is 33.5 Å². The third kappa shape index (κ3) is 2.66. The first-order chi connectivity index (χ1) is 8.70. The molecule has 0 aliphatic carbocycles. The van der Waals surface area contributed by atoms with Crippen molar-refractivity contribution in [3.63, 3.8) is 0 Å². The molecule has 102 valence electrons. The fourth-order valence-electron chi connectivity index (χ4n) is 1.51. The van der Waals surface area contributed by atoms with Crippen molar-refractivity contribution in [2.24, 2.45) is 0 Å². The molecular formula is C10H7Cl2F3N4. The summed E-state index contributed by atoms with van der Waals surface area (Å²) in [5.41, 5.74) is -0.171. The van der Waals surface area contributed by atoms with E-state index in [9.17, 15) is 13.2 Å². The van der Waals surface area contributed by atoms with Crippen molar-refractivity contribution in [3.8, 4) is 5.82 Å². The Labute approximate surface area is 116 Å². The zero-order valence-electron chi connectivity index (χ0n) is 9.76. The predicted octanol–water partition coefficient (Wildman–Crippen LogP) is 3.60. The van der Waals surface area contributed by atoms with Crippen LogP contribution in [0.4, 0.5) is 13.2 Å². The van der Waals surface area contributed by atoms with Gasteiger partial charge in [-0.1, -0.05) is 11.6 Å². The van der Waals surface area contributed by atoms with E-state index in [1.807, 2.05) is 0 Å².